The van der Waals surface area contributed by atoms with Gasteiger partial charge in [-0.1, -0.05) is 30.7 Å². The Morgan fingerprint density at radius 3 is 3.00 bits per heavy atom. The number of benzene rings is 1. The van der Waals surface area contributed by atoms with Gasteiger partial charge in [-0.3, -0.25) is 9.69 Å². The zero-order valence-electron chi connectivity index (χ0n) is 10.8. The first kappa shape index (κ1) is 11.7. The average molecular weight is 245 g/mol. The quantitative estimate of drug-likeness (QED) is 0.712. The van der Waals surface area contributed by atoms with Crippen LogP contribution in [0.15, 0.2) is 24.3 Å². The summed E-state index contributed by atoms with van der Waals surface area (Å²) in [6.45, 7) is 3.62. The monoisotopic (exact) mass is 245 g/mol. The summed E-state index contributed by atoms with van der Waals surface area (Å²) in [5.41, 5.74) is 2.51. The minimum absolute atomic E-state index is 0.0762. The van der Waals surface area contributed by atoms with E-state index in [1.165, 1.54) is 30.9 Å². The molecule has 1 aromatic rings. The first-order valence-electron chi connectivity index (χ1n) is 6.75. The lowest BCUT2D eigenvalue weighted by molar-refractivity contribution is -0.152. The van der Waals surface area contributed by atoms with Gasteiger partial charge in [0.25, 0.3) is 0 Å². The maximum atomic E-state index is 11.4. The van der Waals surface area contributed by atoms with Crippen molar-refractivity contribution < 1.29 is 9.53 Å². The van der Waals surface area contributed by atoms with Crippen LogP contribution in [-0.2, 0) is 16.1 Å². The second-order valence-corrected chi connectivity index (χ2v) is 5.26. The van der Waals surface area contributed by atoms with Crippen LogP contribution in [-0.4, -0.2) is 23.5 Å². The molecule has 3 nitrogen and oxygen atoms in total. The van der Waals surface area contributed by atoms with Gasteiger partial charge in [-0.2, -0.15) is 0 Å². The summed E-state index contributed by atoms with van der Waals surface area (Å²) >= 11 is 0. The summed E-state index contributed by atoms with van der Waals surface area (Å²) in [7, 11) is 0. The SMILES string of the molecule is CC(=O)O[C@@H]1c2ccccc2CN2CCCC[C@H]12. The number of carbonyl (C=O) groups is 1. The van der Waals surface area contributed by atoms with Gasteiger partial charge in [-0.25, -0.2) is 0 Å². The largest absolute Gasteiger partial charge is 0.456 e. The fourth-order valence-electron chi connectivity index (χ4n) is 3.26. The van der Waals surface area contributed by atoms with E-state index in [0.717, 1.165) is 19.5 Å². The third kappa shape index (κ3) is 2.03. The third-order valence-corrected chi connectivity index (χ3v) is 4.04. The predicted octanol–water partition coefficient (Wildman–Crippen LogP) is 2.66. The molecule has 0 bridgehead atoms. The predicted molar refractivity (Wildman–Crippen MR) is 69.0 cm³/mol. The van der Waals surface area contributed by atoms with Crippen molar-refractivity contribution in [1.82, 2.24) is 4.90 Å². The Kier molecular flexibility index (Phi) is 3.08. The Hall–Kier alpha value is -1.35. The van der Waals surface area contributed by atoms with E-state index in [4.69, 9.17) is 4.74 Å². The first-order valence-corrected chi connectivity index (χ1v) is 6.75. The summed E-state index contributed by atoms with van der Waals surface area (Å²) in [4.78, 5) is 13.8. The molecule has 1 saturated heterocycles. The molecule has 0 aromatic heterocycles. The van der Waals surface area contributed by atoms with Crippen LogP contribution in [0.5, 0.6) is 0 Å². The van der Waals surface area contributed by atoms with Crippen LogP contribution in [0.3, 0.4) is 0 Å². The van der Waals surface area contributed by atoms with Gasteiger partial charge in [-0.15, -0.1) is 0 Å². The van der Waals surface area contributed by atoms with Crippen LogP contribution >= 0.6 is 0 Å². The van der Waals surface area contributed by atoms with Gasteiger partial charge in [0.05, 0.1) is 6.04 Å². The van der Waals surface area contributed by atoms with E-state index in [1.807, 2.05) is 6.07 Å². The summed E-state index contributed by atoms with van der Waals surface area (Å²) in [6, 6.07) is 8.73. The number of hydrogen-bond acceptors (Lipinski definition) is 3. The van der Waals surface area contributed by atoms with Crippen LogP contribution in [0.1, 0.15) is 43.4 Å². The van der Waals surface area contributed by atoms with E-state index < -0.39 is 0 Å². The van der Waals surface area contributed by atoms with E-state index in [0.29, 0.717) is 6.04 Å². The van der Waals surface area contributed by atoms with Gasteiger partial charge in [0.1, 0.15) is 6.10 Å². The molecule has 0 N–H and O–H groups in total. The van der Waals surface area contributed by atoms with Crippen LogP contribution in [0.4, 0.5) is 0 Å². The highest BCUT2D eigenvalue weighted by molar-refractivity contribution is 5.66. The van der Waals surface area contributed by atoms with E-state index in [1.54, 1.807) is 0 Å². The highest BCUT2D eigenvalue weighted by Gasteiger charge is 2.37. The second kappa shape index (κ2) is 4.73. The highest BCUT2D eigenvalue weighted by Crippen LogP contribution is 2.38. The summed E-state index contributed by atoms with van der Waals surface area (Å²) in [6.07, 6.45) is 3.55. The lowest BCUT2D eigenvalue weighted by atomic mass is 9.86. The molecule has 0 saturated carbocycles. The van der Waals surface area contributed by atoms with Crippen molar-refractivity contribution in [2.24, 2.45) is 0 Å². The normalized spacial score (nSPS) is 27.2. The first-order chi connectivity index (χ1) is 8.75. The van der Waals surface area contributed by atoms with Crippen LogP contribution in [0.25, 0.3) is 0 Å². The third-order valence-electron chi connectivity index (χ3n) is 4.04. The molecule has 18 heavy (non-hydrogen) atoms. The summed E-state index contributed by atoms with van der Waals surface area (Å²) < 4.78 is 5.61. The number of esters is 1. The average Bonchev–Trinajstić information content (AvgIpc) is 2.38. The molecule has 0 aliphatic carbocycles. The lowest BCUT2D eigenvalue weighted by Gasteiger charge is -2.44. The Balaban J connectivity index is 1.97. The van der Waals surface area contributed by atoms with Crippen LogP contribution < -0.4 is 0 Å². The molecule has 2 aliphatic rings. The summed E-state index contributed by atoms with van der Waals surface area (Å²) in [5, 5.41) is 0. The maximum Gasteiger partial charge on any atom is 0.303 e. The molecule has 0 spiro atoms. The molecule has 3 rings (SSSR count). The molecule has 1 aromatic carbocycles. The Morgan fingerprint density at radius 1 is 1.33 bits per heavy atom. The lowest BCUT2D eigenvalue weighted by Crippen LogP contribution is -2.47. The molecular weight excluding hydrogens is 226 g/mol. The van der Waals surface area contributed by atoms with Crippen molar-refractivity contribution in [2.75, 3.05) is 6.54 Å². The highest BCUT2D eigenvalue weighted by atomic mass is 16.5. The van der Waals surface area contributed by atoms with Gasteiger partial charge in [0.15, 0.2) is 0 Å². The minimum Gasteiger partial charge on any atom is -0.456 e. The van der Waals surface area contributed by atoms with Crippen molar-refractivity contribution in [3.05, 3.63) is 35.4 Å². The number of ether oxygens (including phenoxy) is 1. The van der Waals surface area contributed by atoms with Crippen molar-refractivity contribution in [3.8, 4) is 0 Å². The Labute approximate surface area is 108 Å². The topological polar surface area (TPSA) is 29.5 Å². The molecule has 0 radical (unpaired) electrons. The fourth-order valence-corrected chi connectivity index (χ4v) is 3.26. The minimum atomic E-state index is -0.178. The number of nitrogens with zero attached hydrogens (tertiary/aromatic N) is 1. The summed E-state index contributed by atoms with van der Waals surface area (Å²) in [5.74, 6) is -0.178. The molecule has 1 fully saturated rings. The van der Waals surface area contributed by atoms with Crippen LogP contribution in [0, 0.1) is 0 Å². The fraction of sp³-hybridized carbons (Fsp3) is 0.533. The van der Waals surface area contributed by atoms with E-state index in [2.05, 4.69) is 23.1 Å². The molecular formula is C15H19NO2. The van der Waals surface area contributed by atoms with Crippen molar-refractivity contribution in [2.45, 2.75) is 44.9 Å². The van der Waals surface area contributed by atoms with Gasteiger partial charge >= 0.3 is 5.97 Å². The maximum absolute atomic E-state index is 11.4. The molecule has 3 heteroatoms. The zero-order valence-corrected chi connectivity index (χ0v) is 10.8. The van der Waals surface area contributed by atoms with E-state index in [9.17, 15) is 4.79 Å². The van der Waals surface area contributed by atoms with E-state index >= 15 is 0 Å². The van der Waals surface area contributed by atoms with Gasteiger partial charge in [-0.05, 0) is 30.5 Å². The molecule has 2 atom stereocenters. The van der Waals surface area contributed by atoms with Crippen molar-refractivity contribution in [3.63, 3.8) is 0 Å². The second-order valence-electron chi connectivity index (χ2n) is 5.26. The molecule has 96 valence electrons. The molecule has 2 aliphatic heterocycles. The Morgan fingerprint density at radius 2 is 2.17 bits per heavy atom. The number of fused-ring (bicyclic) bond motifs is 2. The van der Waals surface area contributed by atoms with Crippen molar-refractivity contribution in [1.29, 1.82) is 0 Å². The standard InChI is InChI=1S/C15H19NO2/c1-11(17)18-15-13-7-3-2-6-12(13)10-16-9-5-4-8-14(15)16/h2-3,6-7,14-15H,4-5,8-10H2,1H3/t14-,15-/m1/s1. The van der Waals surface area contributed by atoms with Crippen LogP contribution in [0.2, 0.25) is 0 Å². The van der Waals surface area contributed by atoms with Gasteiger partial charge in [0.2, 0.25) is 0 Å². The number of hydrogen-bond donors (Lipinski definition) is 0. The number of carbonyl (C=O) groups excluding carboxylic acids is 1. The van der Waals surface area contributed by atoms with Crippen molar-refractivity contribution >= 4 is 5.97 Å². The van der Waals surface area contributed by atoms with E-state index in [-0.39, 0.29) is 12.1 Å². The van der Waals surface area contributed by atoms with Gasteiger partial charge < -0.3 is 4.74 Å². The number of piperidine rings is 1. The molecule has 0 unspecified atom stereocenters. The zero-order chi connectivity index (χ0) is 12.5. The number of rotatable bonds is 1. The smallest absolute Gasteiger partial charge is 0.303 e. The molecule has 2 heterocycles. The van der Waals surface area contributed by atoms with Gasteiger partial charge in [0, 0.05) is 13.5 Å². The molecule has 0 amide bonds. The Bertz CT molecular complexity index is 458.